The van der Waals surface area contributed by atoms with Crippen molar-refractivity contribution in [3.63, 3.8) is 0 Å². The van der Waals surface area contributed by atoms with Crippen molar-refractivity contribution in [1.29, 1.82) is 0 Å². The molecule has 30 heavy (non-hydrogen) atoms. The summed E-state index contributed by atoms with van der Waals surface area (Å²) >= 11 is 5.88. The van der Waals surface area contributed by atoms with E-state index in [9.17, 15) is 13.2 Å². The maximum absolute atomic E-state index is 12.8. The zero-order valence-corrected chi connectivity index (χ0v) is 18.5. The van der Waals surface area contributed by atoms with Gasteiger partial charge in [0.2, 0.25) is 10.0 Å². The van der Waals surface area contributed by atoms with Crippen LogP contribution in [0.5, 0.6) is 5.75 Å². The van der Waals surface area contributed by atoms with Gasteiger partial charge in [0, 0.05) is 18.1 Å². The maximum Gasteiger partial charge on any atom is 0.258 e. The predicted molar refractivity (Wildman–Crippen MR) is 114 cm³/mol. The minimum absolute atomic E-state index is 0.172. The Hall–Kier alpha value is -2.13. The van der Waals surface area contributed by atoms with Crippen LogP contribution in [0.4, 0.5) is 0 Å². The number of carbonyl (C=O) groups excluding carboxylic acids is 1. The molecule has 1 N–H and O–H groups in total. The third-order valence-corrected chi connectivity index (χ3v) is 7.01. The van der Waals surface area contributed by atoms with Crippen LogP contribution in [0.2, 0.25) is 5.02 Å². The highest BCUT2D eigenvalue weighted by Gasteiger charge is 2.26. The monoisotopic (exact) mass is 452 g/mol. The van der Waals surface area contributed by atoms with Gasteiger partial charge in [-0.2, -0.15) is 4.31 Å². The van der Waals surface area contributed by atoms with Crippen LogP contribution in [-0.4, -0.2) is 51.5 Å². The topological polar surface area (TPSA) is 84.9 Å². The number of aryl methyl sites for hydroxylation is 1. The van der Waals surface area contributed by atoms with Crippen LogP contribution in [0.3, 0.4) is 0 Å². The number of halogens is 1. The van der Waals surface area contributed by atoms with Crippen molar-refractivity contribution in [3.8, 4) is 5.75 Å². The third-order valence-electron chi connectivity index (χ3n) is 4.86. The lowest BCUT2D eigenvalue weighted by Gasteiger charge is -2.26. The first-order valence-electron chi connectivity index (χ1n) is 9.63. The molecular formula is C21H25ClN2O5S. The Balaban J connectivity index is 1.59. The average molecular weight is 453 g/mol. The summed E-state index contributed by atoms with van der Waals surface area (Å²) < 4.78 is 37.7. The van der Waals surface area contributed by atoms with Crippen LogP contribution >= 0.6 is 11.6 Å². The molecule has 162 valence electrons. The molecule has 0 radical (unpaired) electrons. The summed E-state index contributed by atoms with van der Waals surface area (Å²) in [7, 11) is -3.57. The summed E-state index contributed by atoms with van der Waals surface area (Å²) in [5, 5.41) is 3.50. The molecule has 1 heterocycles. The molecule has 2 aromatic carbocycles. The Bertz CT molecular complexity index is 989. The van der Waals surface area contributed by atoms with Gasteiger partial charge in [-0.15, -0.1) is 0 Å². The van der Waals surface area contributed by atoms with Crippen molar-refractivity contribution in [2.24, 2.45) is 0 Å². The van der Waals surface area contributed by atoms with Crippen molar-refractivity contribution in [2.75, 3.05) is 32.9 Å². The number of sulfonamides is 1. The lowest BCUT2D eigenvalue weighted by Crippen LogP contribution is -2.40. The molecule has 1 fully saturated rings. The molecule has 7 nitrogen and oxygen atoms in total. The summed E-state index contributed by atoms with van der Waals surface area (Å²) in [6.07, 6.45) is 0. The Morgan fingerprint density at radius 3 is 2.50 bits per heavy atom. The fraction of sp³-hybridized carbons (Fsp3) is 0.381. The van der Waals surface area contributed by atoms with Crippen molar-refractivity contribution in [3.05, 3.63) is 58.6 Å². The highest BCUT2D eigenvalue weighted by Crippen LogP contribution is 2.24. The van der Waals surface area contributed by atoms with Gasteiger partial charge in [-0.1, -0.05) is 23.7 Å². The van der Waals surface area contributed by atoms with E-state index >= 15 is 0 Å². The predicted octanol–water partition coefficient (Wildman–Crippen LogP) is 2.93. The molecule has 1 atom stereocenters. The summed E-state index contributed by atoms with van der Waals surface area (Å²) in [6, 6.07) is 11.7. The molecule has 3 rings (SSSR count). The second-order valence-corrected chi connectivity index (χ2v) is 9.45. The molecule has 0 aromatic heterocycles. The van der Waals surface area contributed by atoms with Gasteiger partial charge in [0.15, 0.2) is 6.61 Å². The van der Waals surface area contributed by atoms with Crippen LogP contribution < -0.4 is 10.1 Å². The Morgan fingerprint density at radius 2 is 1.87 bits per heavy atom. The number of nitrogens with one attached hydrogen (secondary N) is 1. The number of rotatable bonds is 7. The quantitative estimate of drug-likeness (QED) is 0.698. The van der Waals surface area contributed by atoms with Crippen molar-refractivity contribution in [1.82, 2.24) is 9.62 Å². The number of morpholine rings is 1. The first-order chi connectivity index (χ1) is 14.3. The van der Waals surface area contributed by atoms with E-state index in [1.54, 1.807) is 31.2 Å². The van der Waals surface area contributed by atoms with Crippen molar-refractivity contribution in [2.45, 2.75) is 24.8 Å². The number of amides is 1. The van der Waals surface area contributed by atoms with E-state index in [2.05, 4.69) is 5.32 Å². The average Bonchev–Trinajstić information content (AvgIpc) is 2.73. The van der Waals surface area contributed by atoms with Gasteiger partial charge in [0.25, 0.3) is 5.91 Å². The SMILES string of the molecule is Cc1cc(S(=O)(=O)N2CCOCC2)ccc1OCC(=O)N[C@H](C)c1ccc(Cl)cc1. The van der Waals surface area contributed by atoms with Crippen LogP contribution in [0, 0.1) is 6.92 Å². The van der Waals surface area contributed by atoms with Gasteiger partial charge in [-0.25, -0.2) is 8.42 Å². The van der Waals surface area contributed by atoms with E-state index in [4.69, 9.17) is 21.1 Å². The zero-order chi connectivity index (χ0) is 21.7. The van der Waals surface area contributed by atoms with Gasteiger partial charge in [-0.05, 0) is 55.3 Å². The Morgan fingerprint density at radius 1 is 1.20 bits per heavy atom. The van der Waals surface area contributed by atoms with Gasteiger partial charge >= 0.3 is 0 Å². The minimum atomic E-state index is -3.57. The molecule has 2 aromatic rings. The standard InChI is InChI=1S/C21H25ClN2O5S/c1-15-13-19(30(26,27)24-9-11-28-12-10-24)7-8-20(15)29-14-21(25)23-16(2)17-3-5-18(22)6-4-17/h3-8,13,16H,9-12,14H2,1-2H3,(H,23,25)/t16-/m1/s1. The fourth-order valence-electron chi connectivity index (χ4n) is 3.14. The van der Waals surface area contributed by atoms with Gasteiger partial charge in [0.1, 0.15) is 5.75 Å². The first kappa shape index (κ1) is 22.6. The van der Waals surface area contributed by atoms with Gasteiger partial charge in [-0.3, -0.25) is 4.79 Å². The third kappa shape index (κ3) is 5.51. The van der Waals surface area contributed by atoms with Gasteiger partial charge in [0.05, 0.1) is 24.2 Å². The first-order valence-corrected chi connectivity index (χ1v) is 11.5. The van der Waals surface area contributed by atoms with E-state index in [1.807, 2.05) is 19.1 Å². The summed E-state index contributed by atoms with van der Waals surface area (Å²) in [6.45, 7) is 4.91. The molecule has 1 saturated heterocycles. The molecule has 1 aliphatic heterocycles. The van der Waals surface area contributed by atoms with Crippen LogP contribution in [-0.2, 0) is 19.6 Å². The molecule has 0 spiro atoms. The van der Waals surface area contributed by atoms with E-state index in [-0.39, 0.29) is 23.5 Å². The Kier molecular flexibility index (Phi) is 7.36. The Labute approximate surface area is 182 Å². The normalized spacial score (nSPS) is 16.1. The number of carbonyl (C=O) groups is 1. The summed E-state index contributed by atoms with van der Waals surface area (Å²) in [5.74, 6) is 0.187. The van der Waals surface area contributed by atoms with E-state index in [1.165, 1.54) is 10.4 Å². The number of benzene rings is 2. The lowest BCUT2D eigenvalue weighted by molar-refractivity contribution is -0.123. The second-order valence-electron chi connectivity index (χ2n) is 7.07. The van der Waals surface area contributed by atoms with Crippen molar-refractivity contribution >= 4 is 27.5 Å². The second kappa shape index (κ2) is 9.78. The van der Waals surface area contributed by atoms with Crippen LogP contribution in [0.15, 0.2) is 47.4 Å². The zero-order valence-electron chi connectivity index (χ0n) is 16.9. The largest absolute Gasteiger partial charge is 0.484 e. The number of hydrogen-bond donors (Lipinski definition) is 1. The van der Waals surface area contributed by atoms with E-state index in [0.29, 0.717) is 42.6 Å². The summed E-state index contributed by atoms with van der Waals surface area (Å²) in [4.78, 5) is 12.4. The molecular weight excluding hydrogens is 428 g/mol. The summed E-state index contributed by atoms with van der Waals surface area (Å²) in [5.41, 5.74) is 1.57. The minimum Gasteiger partial charge on any atom is -0.484 e. The van der Waals surface area contributed by atoms with Crippen molar-refractivity contribution < 1.29 is 22.7 Å². The van der Waals surface area contributed by atoms with Crippen LogP contribution in [0.25, 0.3) is 0 Å². The molecule has 0 aliphatic carbocycles. The number of hydrogen-bond acceptors (Lipinski definition) is 5. The smallest absolute Gasteiger partial charge is 0.258 e. The molecule has 9 heteroatoms. The molecule has 0 saturated carbocycles. The molecule has 0 bridgehead atoms. The fourth-order valence-corrected chi connectivity index (χ4v) is 4.76. The highest BCUT2D eigenvalue weighted by atomic mass is 35.5. The lowest BCUT2D eigenvalue weighted by atomic mass is 10.1. The molecule has 1 aliphatic rings. The highest BCUT2D eigenvalue weighted by molar-refractivity contribution is 7.89. The van der Waals surface area contributed by atoms with E-state index < -0.39 is 10.0 Å². The van der Waals surface area contributed by atoms with Crippen LogP contribution in [0.1, 0.15) is 24.1 Å². The number of ether oxygens (including phenoxy) is 2. The van der Waals surface area contributed by atoms with E-state index in [0.717, 1.165) is 5.56 Å². The van der Waals surface area contributed by atoms with Gasteiger partial charge < -0.3 is 14.8 Å². The maximum atomic E-state index is 12.8. The molecule has 0 unspecified atom stereocenters. The molecule has 1 amide bonds. The number of nitrogens with zero attached hydrogens (tertiary/aromatic N) is 1.